The lowest BCUT2D eigenvalue weighted by molar-refractivity contribution is -0.0797. The fourth-order valence-electron chi connectivity index (χ4n) is 2.24. The maximum Gasteiger partial charge on any atom is 0.0928 e. The van der Waals surface area contributed by atoms with Crippen LogP contribution in [-0.2, 0) is 14.2 Å². The fourth-order valence-corrected chi connectivity index (χ4v) is 2.24. The first-order chi connectivity index (χ1) is 8.13. The molecular weight excluding hydrogens is 218 g/mol. The minimum absolute atomic E-state index is 0.0414. The van der Waals surface area contributed by atoms with Gasteiger partial charge < -0.3 is 19.5 Å². The zero-order valence-electron chi connectivity index (χ0n) is 11.6. The van der Waals surface area contributed by atoms with Crippen LogP contribution >= 0.6 is 0 Å². The molecule has 1 heterocycles. The van der Waals surface area contributed by atoms with Crippen LogP contribution in [0.5, 0.6) is 0 Å². The second-order valence-corrected chi connectivity index (χ2v) is 5.06. The Morgan fingerprint density at radius 1 is 1.47 bits per heavy atom. The summed E-state index contributed by atoms with van der Waals surface area (Å²) in [4.78, 5) is 0. The molecule has 17 heavy (non-hydrogen) atoms. The molecule has 0 aliphatic carbocycles. The molecule has 0 radical (unpaired) electrons. The van der Waals surface area contributed by atoms with Gasteiger partial charge in [-0.05, 0) is 26.2 Å². The van der Waals surface area contributed by atoms with E-state index in [4.69, 9.17) is 14.2 Å². The van der Waals surface area contributed by atoms with Gasteiger partial charge in [-0.25, -0.2) is 0 Å². The van der Waals surface area contributed by atoms with Crippen molar-refractivity contribution >= 4 is 0 Å². The highest BCUT2D eigenvalue weighted by Gasteiger charge is 2.31. The summed E-state index contributed by atoms with van der Waals surface area (Å²) in [5.74, 6) is 0. The summed E-state index contributed by atoms with van der Waals surface area (Å²) >= 11 is 0. The fraction of sp³-hybridized carbons (Fsp3) is 1.00. The Balaban J connectivity index is 2.31. The molecule has 0 aromatic heterocycles. The molecule has 4 nitrogen and oxygen atoms in total. The Bertz CT molecular complexity index is 213. The molecule has 0 bridgehead atoms. The van der Waals surface area contributed by atoms with Gasteiger partial charge in [0.05, 0.1) is 18.3 Å². The Kier molecular flexibility index (Phi) is 6.41. The van der Waals surface area contributed by atoms with E-state index < -0.39 is 0 Å². The average Bonchev–Trinajstić information content (AvgIpc) is 2.34. The zero-order chi connectivity index (χ0) is 12.7. The van der Waals surface area contributed by atoms with Crippen molar-refractivity contribution in [2.45, 2.75) is 50.9 Å². The largest absolute Gasteiger partial charge is 0.382 e. The first-order valence-electron chi connectivity index (χ1n) is 6.52. The summed E-state index contributed by atoms with van der Waals surface area (Å²) in [6.45, 7) is 6.71. The van der Waals surface area contributed by atoms with Crippen LogP contribution < -0.4 is 5.32 Å². The molecule has 1 rings (SSSR count). The molecule has 0 spiro atoms. The molecule has 0 aromatic rings. The molecule has 1 saturated heterocycles. The third-order valence-corrected chi connectivity index (χ3v) is 3.66. The van der Waals surface area contributed by atoms with E-state index in [1.54, 1.807) is 14.2 Å². The van der Waals surface area contributed by atoms with Gasteiger partial charge in [0.2, 0.25) is 0 Å². The van der Waals surface area contributed by atoms with Gasteiger partial charge in [0, 0.05) is 33.4 Å². The van der Waals surface area contributed by atoms with Crippen LogP contribution in [0.25, 0.3) is 0 Å². The number of nitrogens with one attached hydrogen (secondary N) is 1. The van der Waals surface area contributed by atoms with Crippen LogP contribution in [0.1, 0.15) is 33.1 Å². The summed E-state index contributed by atoms with van der Waals surface area (Å²) in [6.07, 6.45) is 3.36. The third-order valence-electron chi connectivity index (χ3n) is 3.66. The molecular formula is C13H27NO3. The second-order valence-electron chi connectivity index (χ2n) is 5.06. The lowest BCUT2D eigenvalue weighted by Crippen LogP contribution is -2.47. The summed E-state index contributed by atoms with van der Waals surface area (Å²) in [5, 5.41) is 3.56. The normalized spacial score (nSPS) is 31.4. The van der Waals surface area contributed by atoms with Crippen molar-refractivity contribution in [1.82, 2.24) is 5.32 Å². The SMILES string of the molecule is CCC1(C)CC(NCC(COC)OC)CCO1. The average molecular weight is 245 g/mol. The van der Waals surface area contributed by atoms with E-state index in [2.05, 4.69) is 19.2 Å². The van der Waals surface area contributed by atoms with Gasteiger partial charge in [-0.1, -0.05) is 6.92 Å². The van der Waals surface area contributed by atoms with Gasteiger partial charge in [0.25, 0.3) is 0 Å². The van der Waals surface area contributed by atoms with E-state index in [0.717, 1.165) is 32.4 Å². The van der Waals surface area contributed by atoms with E-state index >= 15 is 0 Å². The van der Waals surface area contributed by atoms with Crippen molar-refractivity contribution < 1.29 is 14.2 Å². The lowest BCUT2D eigenvalue weighted by atomic mass is 9.90. The van der Waals surface area contributed by atoms with Gasteiger partial charge in [-0.3, -0.25) is 0 Å². The Labute approximate surface area is 105 Å². The van der Waals surface area contributed by atoms with E-state index in [0.29, 0.717) is 12.6 Å². The van der Waals surface area contributed by atoms with Gasteiger partial charge in [0.1, 0.15) is 0 Å². The van der Waals surface area contributed by atoms with Crippen LogP contribution in [0.2, 0.25) is 0 Å². The highest BCUT2D eigenvalue weighted by atomic mass is 16.5. The van der Waals surface area contributed by atoms with E-state index in [1.807, 2.05) is 0 Å². The zero-order valence-corrected chi connectivity index (χ0v) is 11.6. The first-order valence-corrected chi connectivity index (χ1v) is 6.52. The van der Waals surface area contributed by atoms with Crippen molar-refractivity contribution in [2.75, 3.05) is 34.0 Å². The topological polar surface area (TPSA) is 39.7 Å². The first kappa shape index (κ1) is 14.9. The summed E-state index contributed by atoms with van der Waals surface area (Å²) in [5.41, 5.74) is 0.0414. The molecule has 1 fully saturated rings. The molecule has 1 N–H and O–H groups in total. The Morgan fingerprint density at radius 3 is 2.82 bits per heavy atom. The van der Waals surface area contributed by atoms with Crippen molar-refractivity contribution in [2.24, 2.45) is 0 Å². The van der Waals surface area contributed by atoms with Crippen LogP contribution in [-0.4, -0.2) is 51.7 Å². The predicted molar refractivity (Wildman–Crippen MR) is 68.3 cm³/mol. The maximum atomic E-state index is 5.83. The van der Waals surface area contributed by atoms with E-state index in [1.165, 1.54) is 0 Å². The number of hydrogen-bond donors (Lipinski definition) is 1. The molecule has 0 aromatic carbocycles. The van der Waals surface area contributed by atoms with Crippen molar-refractivity contribution in [3.05, 3.63) is 0 Å². The predicted octanol–water partition coefficient (Wildman–Crippen LogP) is 1.59. The van der Waals surface area contributed by atoms with E-state index in [-0.39, 0.29) is 11.7 Å². The van der Waals surface area contributed by atoms with Gasteiger partial charge in [-0.15, -0.1) is 0 Å². The quantitative estimate of drug-likeness (QED) is 0.739. The number of methoxy groups -OCH3 is 2. The number of hydrogen-bond acceptors (Lipinski definition) is 4. The molecule has 0 amide bonds. The summed E-state index contributed by atoms with van der Waals surface area (Å²) < 4.78 is 16.3. The number of ether oxygens (including phenoxy) is 3. The molecule has 4 heteroatoms. The van der Waals surface area contributed by atoms with Crippen LogP contribution in [0.15, 0.2) is 0 Å². The second kappa shape index (κ2) is 7.31. The highest BCUT2D eigenvalue weighted by molar-refractivity contribution is 4.85. The van der Waals surface area contributed by atoms with Crippen LogP contribution in [0.4, 0.5) is 0 Å². The third kappa shape index (κ3) is 4.92. The Hall–Kier alpha value is -0.160. The van der Waals surface area contributed by atoms with Gasteiger partial charge >= 0.3 is 0 Å². The van der Waals surface area contributed by atoms with Crippen LogP contribution in [0.3, 0.4) is 0 Å². The van der Waals surface area contributed by atoms with Crippen LogP contribution in [0, 0.1) is 0 Å². The van der Waals surface area contributed by atoms with Gasteiger partial charge in [0.15, 0.2) is 0 Å². The Morgan fingerprint density at radius 2 is 2.24 bits per heavy atom. The van der Waals surface area contributed by atoms with Gasteiger partial charge in [-0.2, -0.15) is 0 Å². The lowest BCUT2D eigenvalue weighted by Gasteiger charge is -2.38. The smallest absolute Gasteiger partial charge is 0.0928 e. The van der Waals surface area contributed by atoms with Crippen molar-refractivity contribution in [3.8, 4) is 0 Å². The molecule has 102 valence electrons. The maximum absolute atomic E-state index is 5.83. The molecule has 1 aliphatic rings. The standard InChI is InChI=1S/C13H27NO3/c1-5-13(2)8-11(6-7-17-13)14-9-12(16-4)10-15-3/h11-12,14H,5-10H2,1-4H3. The molecule has 0 saturated carbocycles. The van der Waals surface area contributed by atoms with E-state index in [9.17, 15) is 0 Å². The monoisotopic (exact) mass is 245 g/mol. The molecule has 3 atom stereocenters. The summed E-state index contributed by atoms with van der Waals surface area (Å²) in [7, 11) is 3.43. The minimum atomic E-state index is 0.0414. The minimum Gasteiger partial charge on any atom is -0.382 e. The highest BCUT2D eigenvalue weighted by Crippen LogP contribution is 2.27. The van der Waals surface area contributed by atoms with Crippen molar-refractivity contribution in [3.63, 3.8) is 0 Å². The van der Waals surface area contributed by atoms with Crippen molar-refractivity contribution in [1.29, 1.82) is 0 Å². The molecule has 1 aliphatic heterocycles. The molecule has 3 unspecified atom stereocenters. The number of rotatable bonds is 7. The summed E-state index contributed by atoms with van der Waals surface area (Å²) in [6, 6.07) is 0.531.